The summed E-state index contributed by atoms with van der Waals surface area (Å²) in [7, 11) is 0. The third-order valence-electron chi connectivity index (χ3n) is 8.27. The third-order valence-corrected chi connectivity index (χ3v) is 10.1. The van der Waals surface area contributed by atoms with Crippen LogP contribution in [-0.2, 0) is 33.4 Å². The van der Waals surface area contributed by atoms with E-state index in [2.05, 4.69) is 19.8 Å². The van der Waals surface area contributed by atoms with Gasteiger partial charge in [-0.1, -0.05) is 5.16 Å². The molecule has 0 aliphatic carbocycles. The predicted molar refractivity (Wildman–Crippen MR) is 161 cm³/mol. The second kappa shape index (κ2) is 12.7. The van der Waals surface area contributed by atoms with Crippen LogP contribution in [0, 0.1) is 0 Å². The maximum absolute atomic E-state index is 13.4. The Morgan fingerprint density at radius 2 is 2.04 bits per heavy atom. The number of likely N-dealkylation sites (tertiary alicyclic amines) is 2. The molecule has 0 radical (unpaired) electrons. The van der Waals surface area contributed by atoms with Gasteiger partial charge in [-0.3, -0.25) is 24.1 Å². The highest BCUT2D eigenvalue weighted by Crippen LogP contribution is 2.41. The summed E-state index contributed by atoms with van der Waals surface area (Å²) in [5, 5.41) is 24.0. The standard InChI is InChI=1S/C27H28N8O10S2/c1-11-6-16(36)45-15(11)9-44-27(42)33-4-3-14(8-33)34-5-2-12(22(34)38)7-13-10-46-24-18(23(39)35(24)19(13)25(40)41)29-21(37)17(31-43)20-30-26(28)47-32-20/h7,14,18,24,43H,2-6,8-10H2,1H3,(H,29,37)(H,40,41)(H2,28,30,32)/b12-7+,31-17-/t14-,18-,24-/m1/s1. The number of fused-ring (bicyclic) bond motifs is 1. The van der Waals surface area contributed by atoms with Crippen LogP contribution in [-0.4, -0.2) is 125 Å². The van der Waals surface area contributed by atoms with Crippen LogP contribution in [0.5, 0.6) is 0 Å². The summed E-state index contributed by atoms with van der Waals surface area (Å²) >= 11 is 1.98. The summed E-state index contributed by atoms with van der Waals surface area (Å²) in [6.07, 6.45) is 1.95. The maximum Gasteiger partial charge on any atom is 0.410 e. The number of aliphatic carboxylic acids is 1. The number of allylic oxidation sites excluding steroid dienone is 1. The lowest BCUT2D eigenvalue weighted by Crippen LogP contribution is -2.71. The van der Waals surface area contributed by atoms with Crippen molar-refractivity contribution in [1.82, 2.24) is 29.4 Å². The van der Waals surface area contributed by atoms with Gasteiger partial charge in [0.25, 0.3) is 11.8 Å². The Labute approximate surface area is 274 Å². The zero-order chi connectivity index (χ0) is 33.6. The van der Waals surface area contributed by atoms with Crippen molar-refractivity contribution >= 4 is 69.9 Å². The van der Waals surface area contributed by atoms with Crippen LogP contribution in [0.4, 0.5) is 9.93 Å². The number of ether oxygens (including phenoxy) is 2. The molecule has 3 saturated heterocycles. The molecule has 5 N–H and O–H groups in total. The zero-order valence-corrected chi connectivity index (χ0v) is 26.3. The van der Waals surface area contributed by atoms with Gasteiger partial charge in [-0.15, -0.1) is 11.8 Å². The van der Waals surface area contributed by atoms with Crippen molar-refractivity contribution in [3.8, 4) is 0 Å². The highest BCUT2D eigenvalue weighted by Gasteiger charge is 2.54. The lowest BCUT2D eigenvalue weighted by atomic mass is 10.0. The highest BCUT2D eigenvalue weighted by atomic mass is 32.2. The predicted octanol–water partition coefficient (Wildman–Crippen LogP) is -0.372. The van der Waals surface area contributed by atoms with Crippen LogP contribution in [0.3, 0.4) is 0 Å². The first-order chi connectivity index (χ1) is 22.5. The number of hydrogen-bond acceptors (Lipinski definition) is 15. The molecule has 3 fully saturated rings. The first-order valence-corrected chi connectivity index (χ1v) is 16.1. The van der Waals surface area contributed by atoms with Gasteiger partial charge in [-0.2, -0.15) is 9.36 Å². The largest absolute Gasteiger partial charge is 0.477 e. The van der Waals surface area contributed by atoms with E-state index in [1.54, 1.807) is 11.8 Å². The second-order valence-corrected chi connectivity index (χ2v) is 13.0. The minimum atomic E-state index is -1.37. The number of hydrogen-bond donors (Lipinski definition) is 4. The number of aromatic nitrogens is 2. The number of thioether (sulfide) groups is 1. The monoisotopic (exact) mass is 688 g/mol. The quantitative estimate of drug-likeness (QED) is 0.0680. The number of nitrogen functional groups attached to an aromatic ring is 1. The smallest absolute Gasteiger partial charge is 0.410 e. The van der Waals surface area contributed by atoms with Crippen molar-refractivity contribution in [3.63, 3.8) is 0 Å². The molecular weight excluding hydrogens is 660 g/mol. The van der Waals surface area contributed by atoms with Crippen LogP contribution in [0.15, 0.2) is 39.4 Å². The minimum Gasteiger partial charge on any atom is -0.477 e. The van der Waals surface area contributed by atoms with Crippen molar-refractivity contribution in [2.24, 2.45) is 5.16 Å². The summed E-state index contributed by atoms with van der Waals surface area (Å²) in [5.74, 6) is -3.46. The van der Waals surface area contributed by atoms with Crippen molar-refractivity contribution in [3.05, 3.63) is 40.1 Å². The number of carboxylic acid groups (broad SMARTS) is 1. The first kappa shape index (κ1) is 32.0. The Kier molecular flexibility index (Phi) is 8.62. The maximum atomic E-state index is 13.4. The molecule has 1 aromatic rings. The van der Waals surface area contributed by atoms with Gasteiger partial charge >= 0.3 is 18.0 Å². The number of carbonyl (C=O) groups excluding carboxylic acids is 5. The molecule has 0 bridgehead atoms. The van der Waals surface area contributed by atoms with Crippen LogP contribution in [0.25, 0.3) is 0 Å². The molecule has 0 spiro atoms. The SMILES string of the molecule is CC1=C(COC(=O)N2CC[C@@H](N3CC/C(=C\C4=C(C(=O)O)N5C(=O)[C@@H](NC(=O)/C(=N\O)c6nsc(N)n6)[C@H]5SC4)C3=O)C2)OC(=O)C1. The zero-order valence-electron chi connectivity index (χ0n) is 24.7. The van der Waals surface area contributed by atoms with E-state index in [-0.39, 0.29) is 59.5 Å². The Balaban J connectivity index is 1.09. The number of anilines is 1. The summed E-state index contributed by atoms with van der Waals surface area (Å²) in [4.78, 5) is 83.6. The van der Waals surface area contributed by atoms with Crippen molar-refractivity contribution in [2.45, 2.75) is 43.6 Å². The van der Waals surface area contributed by atoms with Gasteiger partial charge in [-0.25, -0.2) is 9.59 Å². The second-order valence-electron chi connectivity index (χ2n) is 11.2. The summed E-state index contributed by atoms with van der Waals surface area (Å²) in [6, 6.07) is -1.38. The van der Waals surface area contributed by atoms with E-state index in [4.69, 9.17) is 15.2 Å². The molecule has 5 aliphatic rings. The molecule has 18 nitrogen and oxygen atoms in total. The Morgan fingerprint density at radius 3 is 2.70 bits per heavy atom. The van der Waals surface area contributed by atoms with E-state index in [1.165, 1.54) is 22.7 Å². The van der Waals surface area contributed by atoms with E-state index in [9.17, 15) is 39.1 Å². The highest BCUT2D eigenvalue weighted by molar-refractivity contribution is 8.00. The van der Waals surface area contributed by atoms with Gasteiger partial charge in [-0.05, 0) is 37.0 Å². The van der Waals surface area contributed by atoms with Crippen molar-refractivity contribution < 1.29 is 48.6 Å². The average Bonchev–Trinajstić information content (AvgIpc) is 3.83. The summed E-state index contributed by atoms with van der Waals surface area (Å²) in [6.45, 7) is 2.56. The number of carbonyl (C=O) groups is 6. The lowest BCUT2D eigenvalue weighted by Gasteiger charge is -2.49. The number of esters is 1. The number of cyclic esters (lactones) is 1. The van der Waals surface area contributed by atoms with E-state index < -0.39 is 47.0 Å². The molecular formula is C27H28N8O10S2. The topological polar surface area (TPSA) is 247 Å². The Morgan fingerprint density at radius 1 is 1.26 bits per heavy atom. The lowest BCUT2D eigenvalue weighted by molar-refractivity contribution is -0.150. The molecule has 6 rings (SSSR count). The molecule has 5 aliphatic heterocycles. The molecule has 1 aromatic heterocycles. The average molecular weight is 689 g/mol. The van der Waals surface area contributed by atoms with Crippen LogP contribution in [0.1, 0.15) is 32.0 Å². The fraction of sp³-hybridized carbons (Fsp3) is 0.444. The molecule has 0 aromatic carbocycles. The summed E-state index contributed by atoms with van der Waals surface area (Å²) < 4.78 is 14.2. The van der Waals surface area contributed by atoms with Gasteiger partial charge < -0.3 is 40.6 Å². The molecule has 20 heteroatoms. The van der Waals surface area contributed by atoms with Crippen molar-refractivity contribution in [2.75, 3.05) is 37.7 Å². The number of carboxylic acids is 1. The molecule has 248 valence electrons. The van der Waals surface area contributed by atoms with E-state index in [0.29, 0.717) is 42.8 Å². The Hall–Kier alpha value is -4.98. The van der Waals surface area contributed by atoms with Gasteiger partial charge in [0.05, 0.1) is 12.5 Å². The van der Waals surface area contributed by atoms with Crippen molar-refractivity contribution in [1.29, 1.82) is 0 Å². The van der Waals surface area contributed by atoms with E-state index >= 15 is 0 Å². The van der Waals surface area contributed by atoms with E-state index in [0.717, 1.165) is 16.4 Å². The normalized spacial score (nSPS) is 25.4. The number of oxime groups is 1. The van der Waals surface area contributed by atoms with Gasteiger partial charge in [0.1, 0.15) is 22.9 Å². The fourth-order valence-corrected chi connectivity index (χ4v) is 7.66. The summed E-state index contributed by atoms with van der Waals surface area (Å²) in [5.41, 5.74) is 6.04. The number of rotatable bonds is 8. The number of β-lactam (4-membered cyclic amide) rings is 1. The number of nitrogens with one attached hydrogen (secondary N) is 1. The fourth-order valence-electron chi connectivity index (χ4n) is 5.92. The molecule has 0 saturated carbocycles. The van der Waals surface area contributed by atoms with Crippen LogP contribution in [0.2, 0.25) is 0 Å². The van der Waals surface area contributed by atoms with Gasteiger partial charge in [0, 0.05) is 42.5 Å². The van der Waals surface area contributed by atoms with Gasteiger partial charge in [0.15, 0.2) is 11.7 Å². The van der Waals surface area contributed by atoms with Crippen LogP contribution < -0.4 is 11.1 Å². The number of nitrogens with two attached hydrogens (primary N) is 1. The third kappa shape index (κ3) is 6.00. The molecule has 6 heterocycles. The molecule has 4 amide bonds. The number of amides is 4. The first-order valence-electron chi connectivity index (χ1n) is 14.3. The minimum absolute atomic E-state index is 0.0359. The molecule has 0 unspecified atom stereocenters. The van der Waals surface area contributed by atoms with Gasteiger partial charge in [0.2, 0.25) is 17.4 Å². The molecule has 3 atom stereocenters. The number of nitrogens with zero attached hydrogens (tertiary/aromatic N) is 6. The Bertz CT molecular complexity index is 1720. The van der Waals surface area contributed by atoms with Crippen LogP contribution >= 0.6 is 23.3 Å². The van der Waals surface area contributed by atoms with E-state index in [1.807, 2.05) is 0 Å². The molecule has 47 heavy (non-hydrogen) atoms.